The van der Waals surface area contributed by atoms with Crippen LogP contribution >= 0.6 is 27.7 Å². The number of nitrogens with one attached hydrogen (secondary N) is 1. The van der Waals surface area contributed by atoms with E-state index in [2.05, 4.69) is 47.2 Å². The Morgan fingerprint density at radius 1 is 1.10 bits per heavy atom. The van der Waals surface area contributed by atoms with Gasteiger partial charge in [-0.3, -0.25) is 4.79 Å². The molecule has 0 saturated heterocycles. The molecule has 110 valence electrons. The molecule has 2 rings (SSSR count). The van der Waals surface area contributed by atoms with E-state index in [0.717, 1.165) is 15.1 Å². The predicted octanol–water partition coefficient (Wildman–Crippen LogP) is 5.11. The Hall–Kier alpha value is -1.26. The zero-order chi connectivity index (χ0) is 15.4. The first-order valence-electron chi connectivity index (χ1n) is 6.72. The molecule has 2 aromatic carbocycles. The summed E-state index contributed by atoms with van der Waals surface area (Å²) in [6.07, 6.45) is 0. The second-order valence-electron chi connectivity index (χ2n) is 5.07. The van der Waals surface area contributed by atoms with Crippen LogP contribution in [-0.2, 0) is 4.79 Å². The molecule has 2 aromatic rings. The van der Waals surface area contributed by atoms with Crippen LogP contribution in [0.2, 0.25) is 0 Å². The highest BCUT2D eigenvalue weighted by molar-refractivity contribution is 9.10. The molecule has 0 fully saturated rings. The van der Waals surface area contributed by atoms with Crippen LogP contribution in [0, 0.1) is 20.8 Å². The average Bonchev–Trinajstić information content (AvgIpc) is 2.44. The molecular formula is C17H18BrNOS. The second kappa shape index (κ2) is 7.14. The van der Waals surface area contributed by atoms with Crippen LogP contribution in [0.3, 0.4) is 0 Å². The molecule has 0 aliphatic rings. The van der Waals surface area contributed by atoms with E-state index >= 15 is 0 Å². The monoisotopic (exact) mass is 363 g/mol. The number of halogens is 1. The summed E-state index contributed by atoms with van der Waals surface area (Å²) in [5.74, 6) is 0.430. The largest absolute Gasteiger partial charge is 0.325 e. The number of hydrogen-bond acceptors (Lipinski definition) is 2. The fraction of sp³-hybridized carbons (Fsp3) is 0.235. The fourth-order valence-electron chi connectivity index (χ4n) is 1.89. The Morgan fingerprint density at radius 3 is 2.43 bits per heavy atom. The third-order valence-electron chi connectivity index (χ3n) is 3.15. The zero-order valence-corrected chi connectivity index (χ0v) is 14.8. The molecule has 0 atom stereocenters. The summed E-state index contributed by atoms with van der Waals surface area (Å²) >= 11 is 5.09. The van der Waals surface area contributed by atoms with Crippen molar-refractivity contribution in [2.45, 2.75) is 25.7 Å². The number of hydrogen-bond donors (Lipinski definition) is 1. The van der Waals surface area contributed by atoms with Crippen molar-refractivity contribution < 1.29 is 4.79 Å². The van der Waals surface area contributed by atoms with Crippen LogP contribution in [0.15, 0.2) is 45.8 Å². The van der Waals surface area contributed by atoms with E-state index in [9.17, 15) is 4.79 Å². The fourth-order valence-corrected chi connectivity index (χ4v) is 3.25. The minimum atomic E-state index is 0.0174. The van der Waals surface area contributed by atoms with E-state index in [0.29, 0.717) is 5.75 Å². The lowest BCUT2D eigenvalue weighted by Gasteiger charge is -2.09. The van der Waals surface area contributed by atoms with Gasteiger partial charge in [0.15, 0.2) is 0 Å². The van der Waals surface area contributed by atoms with Gasteiger partial charge in [0.2, 0.25) is 5.91 Å². The molecule has 0 heterocycles. The highest BCUT2D eigenvalue weighted by atomic mass is 79.9. The smallest absolute Gasteiger partial charge is 0.234 e. The van der Waals surface area contributed by atoms with E-state index in [4.69, 9.17) is 0 Å². The van der Waals surface area contributed by atoms with Gasteiger partial charge in [0, 0.05) is 15.1 Å². The third-order valence-corrected chi connectivity index (χ3v) is 5.16. The molecule has 4 heteroatoms. The molecule has 0 unspecified atom stereocenters. The van der Waals surface area contributed by atoms with Gasteiger partial charge in [0.05, 0.1) is 5.75 Å². The van der Waals surface area contributed by atoms with Crippen LogP contribution in [0.4, 0.5) is 5.69 Å². The molecule has 0 aromatic heterocycles. The van der Waals surface area contributed by atoms with E-state index in [1.54, 1.807) is 11.8 Å². The molecule has 1 amide bonds. The van der Waals surface area contributed by atoms with Gasteiger partial charge in [-0.15, -0.1) is 11.8 Å². The molecule has 1 N–H and O–H groups in total. The summed E-state index contributed by atoms with van der Waals surface area (Å²) in [5, 5.41) is 2.92. The summed E-state index contributed by atoms with van der Waals surface area (Å²) in [7, 11) is 0. The van der Waals surface area contributed by atoms with E-state index < -0.39 is 0 Å². The standard InChI is InChI=1S/C17H18BrNOS/c1-11-4-6-14(7-5-11)19-17(20)10-21-16-9-12(2)15(18)8-13(16)3/h4-9H,10H2,1-3H3,(H,19,20). The van der Waals surface area contributed by atoms with Crippen molar-refractivity contribution in [2.24, 2.45) is 0 Å². The summed E-state index contributed by atoms with van der Waals surface area (Å²) < 4.78 is 1.11. The molecule has 0 aliphatic heterocycles. The lowest BCUT2D eigenvalue weighted by molar-refractivity contribution is -0.113. The minimum Gasteiger partial charge on any atom is -0.325 e. The van der Waals surface area contributed by atoms with Crippen LogP contribution in [0.1, 0.15) is 16.7 Å². The molecular weight excluding hydrogens is 346 g/mol. The summed E-state index contributed by atoms with van der Waals surface area (Å²) in [5.41, 5.74) is 4.39. The number of carbonyl (C=O) groups is 1. The predicted molar refractivity (Wildman–Crippen MR) is 94.1 cm³/mol. The number of amides is 1. The van der Waals surface area contributed by atoms with E-state index in [1.807, 2.05) is 31.2 Å². The lowest BCUT2D eigenvalue weighted by Crippen LogP contribution is -2.14. The number of benzene rings is 2. The van der Waals surface area contributed by atoms with Crippen molar-refractivity contribution in [3.8, 4) is 0 Å². The normalized spacial score (nSPS) is 10.5. The number of rotatable bonds is 4. The Bertz CT molecular complexity index is 653. The van der Waals surface area contributed by atoms with Crippen LogP contribution in [-0.4, -0.2) is 11.7 Å². The van der Waals surface area contributed by atoms with Crippen molar-refractivity contribution >= 4 is 39.3 Å². The molecule has 0 bridgehead atoms. The Balaban J connectivity index is 1.95. The van der Waals surface area contributed by atoms with Crippen molar-refractivity contribution in [1.82, 2.24) is 0 Å². The van der Waals surface area contributed by atoms with E-state index in [1.165, 1.54) is 16.7 Å². The van der Waals surface area contributed by atoms with Crippen molar-refractivity contribution in [1.29, 1.82) is 0 Å². The van der Waals surface area contributed by atoms with Gasteiger partial charge in [0.25, 0.3) is 0 Å². The van der Waals surface area contributed by atoms with Gasteiger partial charge in [-0.25, -0.2) is 0 Å². The topological polar surface area (TPSA) is 29.1 Å². The highest BCUT2D eigenvalue weighted by Gasteiger charge is 2.07. The second-order valence-corrected chi connectivity index (χ2v) is 6.94. The first-order chi connectivity index (χ1) is 9.95. The van der Waals surface area contributed by atoms with Gasteiger partial charge >= 0.3 is 0 Å². The number of anilines is 1. The third kappa shape index (κ3) is 4.61. The Labute approximate surface area is 138 Å². The van der Waals surface area contributed by atoms with Crippen molar-refractivity contribution in [2.75, 3.05) is 11.1 Å². The summed E-state index contributed by atoms with van der Waals surface area (Å²) in [6.45, 7) is 6.14. The zero-order valence-electron chi connectivity index (χ0n) is 12.4. The maximum Gasteiger partial charge on any atom is 0.234 e. The summed E-state index contributed by atoms with van der Waals surface area (Å²) in [4.78, 5) is 13.1. The number of aryl methyl sites for hydroxylation is 3. The Kier molecular flexibility index (Phi) is 5.48. The molecule has 2 nitrogen and oxygen atoms in total. The maximum absolute atomic E-state index is 12.0. The maximum atomic E-state index is 12.0. The molecule has 0 radical (unpaired) electrons. The molecule has 21 heavy (non-hydrogen) atoms. The number of thioether (sulfide) groups is 1. The Morgan fingerprint density at radius 2 is 1.76 bits per heavy atom. The quantitative estimate of drug-likeness (QED) is 0.765. The SMILES string of the molecule is Cc1ccc(NC(=O)CSc2cc(C)c(Br)cc2C)cc1. The van der Waals surface area contributed by atoms with Crippen molar-refractivity contribution in [3.63, 3.8) is 0 Å². The van der Waals surface area contributed by atoms with Crippen LogP contribution in [0.25, 0.3) is 0 Å². The van der Waals surface area contributed by atoms with Crippen molar-refractivity contribution in [3.05, 3.63) is 57.6 Å². The van der Waals surface area contributed by atoms with Crippen LogP contribution < -0.4 is 5.32 Å². The van der Waals surface area contributed by atoms with Gasteiger partial charge in [-0.1, -0.05) is 33.6 Å². The minimum absolute atomic E-state index is 0.0174. The van der Waals surface area contributed by atoms with Gasteiger partial charge < -0.3 is 5.32 Å². The van der Waals surface area contributed by atoms with Gasteiger partial charge in [0.1, 0.15) is 0 Å². The first-order valence-corrected chi connectivity index (χ1v) is 8.49. The molecule has 0 saturated carbocycles. The highest BCUT2D eigenvalue weighted by Crippen LogP contribution is 2.28. The number of carbonyl (C=O) groups excluding carboxylic acids is 1. The van der Waals surface area contributed by atoms with E-state index in [-0.39, 0.29) is 5.91 Å². The van der Waals surface area contributed by atoms with Crippen LogP contribution in [0.5, 0.6) is 0 Å². The van der Waals surface area contributed by atoms with Gasteiger partial charge in [-0.2, -0.15) is 0 Å². The first kappa shape index (κ1) is 16.1. The molecule has 0 spiro atoms. The average molecular weight is 364 g/mol. The van der Waals surface area contributed by atoms with Gasteiger partial charge in [-0.05, 0) is 56.2 Å². The molecule has 0 aliphatic carbocycles. The lowest BCUT2D eigenvalue weighted by atomic mass is 10.2. The summed E-state index contributed by atoms with van der Waals surface area (Å²) in [6, 6.07) is 12.0.